The average molecular weight is 430 g/mol. The van der Waals surface area contributed by atoms with Crippen LogP contribution < -0.4 is 11.5 Å². The van der Waals surface area contributed by atoms with Crippen molar-refractivity contribution < 1.29 is 50.6 Å². The zero-order valence-electron chi connectivity index (χ0n) is 13.9. The Balaban J connectivity index is -0.0000000147. The molecule has 0 aromatic rings. The summed E-state index contributed by atoms with van der Waals surface area (Å²) < 4.78 is 0.301. The van der Waals surface area contributed by atoms with Gasteiger partial charge in [-0.05, 0) is 0 Å². The van der Waals surface area contributed by atoms with Gasteiger partial charge in [-0.2, -0.15) is 0 Å². The summed E-state index contributed by atoms with van der Waals surface area (Å²) in [5.41, 5.74) is 10.3. The second-order valence-corrected chi connectivity index (χ2v) is 4.77. The third-order valence-electron chi connectivity index (χ3n) is 0.372. The fourth-order valence-corrected chi connectivity index (χ4v) is 0. The predicted octanol–water partition coefficient (Wildman–Crippen LogP) is -4.83. The van der Waals surface area contributed by atoms with Crippen LogP contribution in [0.2, 0.25) is 0 Å². The minimum absolute atomic E-state index is 0. The summed E-state index contributed by atoms with van der Waals surface area (Å²) in [4.78, 5) is 36.0. The molecule has 0 heterocycles. The first kappa shape index (κ1) is 63.0. The first-order valence-corrected chi connectivity index (χ1v) is 6.59. The molecule has 0 saturated heterocycles. The van der Waals surface area contributed by atoms with Crippen molar-refractivity contribution in [2.75, 3.05) is 6.54 Å². The van der Waals surface area contributed by atoms with Crippen molar-refractivity contribution in [3.63, 3.8) is 0 Å². The quantitative estimate of drug-likeness (QED) is 0.216. The van der Waals surface area contributed by atoms with E-state index < -0.39 is 23.9 Å². The molecule has 0 spiro atoms. The van der Waals surface area contributed by atoms with Crippen molar-refractivity contribution in [2.45, 2.75) is 31.0 Å². The first-order chi connectivity index (χ1) is 9.20. The number of carboxylic acid groups (broad SMARTS) is 4. The summed E-state index contributed by atoms with van der Waals surface area (Å²) in [5.74, 6) is -3.33. The molecular formula is C10H30N2Na4O10. The number of aliphatic carboxylic acids is 4. The summed E-state index contributed by atoms with van der Waals surface area (Å²) in [6, 6.07) is 0. The molecule has 1 atom stereocenters. The number of carbonyl (C=O) groups is 4. The Morgan fingerprint density at radius 2 is 0.769 bits per heavy atom. The van der Waals surface area contributed by atoms with Crippen LogP contribution in [0.1, 0.15) is 27.7 Å². The third kappa shape index (κ3) is 1140. The van der Waals surface area contributed by atoms with Gasteiger partial charge >= 0.3 is 138 Å². The summed E-state index contributed by atoms with van der Waals surface area (Å²) in [7, 11) is 0. The third-order valence-corrected chi connectivity index (χ3v) is 0.843. The van der Waals surface area contributed by atoms with Crippen LogP contribution in [-0.2, 0) is 19.2 Å². The SMILES string of the molecule is CC(=O)O.CC(=O)O.CC(=O)O.CC(=O)O.NC[CH](N)[Na].O.O.[NaH].[NaH].[NaH]. The van der Waals surface area contributed by atoms with Crippen LogP contribution in [0.25, 0.3) is 0 Å². The van der Waals surface area contributed by atoms with Crippen LogP contribution in [0.15, 0.2) is 0 Å². The average Bonchev–Trinajstić information content (AvgIpc) is 2.13. The summed E-state index contributed by atoms with van der Waals surface area (Å²) in [6.07, 6.45) is 0. The van der Waals surface area contributed by atoms with E-state index in [9.17, 15) is 0 Å². The molecule has 26 heavy (non-hydrogen) atoms. The van der Waals surface area contributed by atoms with E-state index in [2.05, 4.69) is 0 Å². The minimum atomic E-state index is -0.833. The first-order valence-electron chi connectivity index (χ1n) is 5.44. The molecule has 0 rings (SSSR count). The predicted molar refractivity (Wildman–Crippen MR) is 105 cm³/mol. The number of carboxylic acids is 4. The van der Waals surface area contributed by atoms with E-state index in [0.29, 0.717) is 9.84 Å². The van der Waals surface area contributed by atoms with E-state index >= 15 is 0 Å². The molecule has 144 valence electrons. The van der Waals surface area contributed by atoms with Gasteiger partial charge in [0.2, 0.25) is 0 Å². The van der Waals surface area contributed by atoms with Crippen molar-refractivity contribution in [1.82, 2.24) is 0 Å². The van der Waals surface area contributed by atoms with Crippen LogP contribution in [0.3, 0.4) is 0 Å². The van der Waals surface area contributed by atoms with Gasteiger partial charge in [-0.15, -0.1) is 0 Å². The fourth-order valence-electron chi connectivity index (χ4n) is 0. The molecule has 0 aromatic heterocycles. The molecule has 0 bridgehead atoms. The van der Waals surface area contributed by atoms with Gasteiger partial charge in [-0.25, -0.2) is 0 Å². The van der Waals surface area contributed by atoms with Gasteiger partial charge in [0.15, 0.2) is 0 Å². The zero-order valence-corrected chi connectivity index (χ0v) is 15.9. The number of rotatable bonds is 1. The van der Waals surface area contributed by atoms with Crippen molar-refractivity contribution in [1.29, 1.82) is 0 Å². The standard InChI is InChI=1S/C2H7N2.4C2H4O2.4Na.2H2O.3H/c3-1-2-4;4*1-2(3)4;;;;;;;;;/h1H,2-4H2;4*1H3,(H,3,4);;;;;2*1H2;;;. The number of nitrogens with two attached hydrogens (primary N) is 2. The second kappa shape index (κ2) is 56.3. The van der Waals surface area contributed by atoms with Crippen molar-refractivity contribution >= 4 is 140 Å². The van der Waals surface area contributed by atoms with Crippen LogP contribution in [0.4, 0.5) is 0 Å². The van der Waals surface area contributed by atoms with Gasteiger partial charge in [0, 0.05) is 27.7 Å². The van der Waals surface area contributed by atoms with Gasteiger partial charge in [0.25, 0.3) is 23.9 Å². The molecule has 16 heteroatoms. The van der Waals surface area contributed by atoms with E-state index in [1.807, 2.05) is 0 Å². The van der Waals surface area contributed by atoms with Crippen molar-refractivity contribution in [3.05, 3.63) is 0 Å². The van der Waals surface area contributed by atoms with Crippen LogP contribution in [-0.4, -0.2) is 182 Å². The van der Waals surface area contributed by atoms with E-state index in [4.69, 9.17) is 51.1 Å². The number of hydrogen-bond acceptors (Lipinski definition) is 6. The molecule has 12 N–H and O–H groups in total. The summed E-state index contributed by atoms with van der Waals surface area (Å²) in [5, 5.41) is 29.7. The molecule has 12 nitrogen and oxygen atoms in total. The van der Waals surface area contributed by atoms with E-state index in [-0.39, 0.29) is 99.6 Å². The molecule has 1 unspecified atom stereocenters. The molecule has 0 amide bonds. The van der Waals surface area contributed by atoms with Crippen molar-refractivity contribution in [3.8, 4) is 0 Å². The van der Waals surface area contributed by atoms with Gasteiger partial charge in [0.05, 0.1) is 0 Å². The van der Waals surface area contributed by atoms with Gasteiger partial charge in [-0.1, -0.05) is 0 Å². The maximum atomic E-state index is 9.00. The maximum absolute atomic E-state index is 9.00. The van der Waals surface area contributed by atoms with E-state index in [1.54, 1.807) is 0 Å². The normalized spacial score (nSPS) is 6.77. The monoisotopic (exact) mass is 430 g/mol. The Hall–Kier alpha value is 1.72. The Morgan fingerprint density at radius 3 is 0.769 bits per heavy atom. The van der Waals surface area contributed by atoms with E-state index in [1.165, 1.54) is 0 Å². The fraction of sp³-hybridized carbons (Fsp3) is 0.600. The Morgan fingerprint density at radius 1 is 0.731 bits per heavy atom. The second-order valence-electron chi connectivity index (χ2n) is 3.29. The van der Waals surface area contributed by atoms with E-state index in [0.717, 1.165) is 55.6 Å². The van der Waals surface area contributed by atoms with Crippen LogP contribution in [0.5, 0.6) is 0 Å². The molecule has 0 fully saturated rings. The molecule has 0 aliphatic heterocycles. The summed E-state index contributed by atoms with van der Waals surface area (Å²) in [6.45, 7) is 4.98. The zero-order chi connectivity index (χ0) is 18.6. The molecular weight excluding hydrogens is 400 g/mol. The molecule has 0 radical (unpaired) electrons. The Labute approximate surface area is 236 Å². The van der Waals surface area contributed by atoms with Crippen molar-refractivity contribution in [2.24, 2.45) is 11.5 Å². The van der Waals surface area contributed by atoms with Crippen LogP contribution in [0, 0.1) is 0 Å². The molecule has 0 aliphatic carbocycles. The number of hydrogen-bond donors (Lipinski definition) is 6. The van der Waals surface area contributed by atoms with Crippen LogP contribution >= 0.6 is 0 Å². The summed E-state index contributed by atoms with van der Waals surface area (Å²) >= 11 is 1.02. The molecule has 0 aliphatic rings. The van der Waals surface area contributed by atoms with Gasteiger partial charge in [-0.3, -0.25) is 19.2 Å². The molecule has 0 saturated carbocycles. The molecule has 0 aromatic carbocycles. The van der Waals surface area contributed by atoms with Gasteiger partial charge < -0.3 is 31.4 Å². The topological polar surface area (TPSA) is 264 Å². The Bertz CT molecular complexity index is 233. The Kier molecular flexibility index (Phi) is 136. The van der Waals surface area contributed by atoms with Gasteiger partial charge in [0.1, 0.15) is 0 Å².